The zero-order chi connectivity index (χ0) is 19.4. The van der Waals surface area contributed by atoms with Crippen LogP contribution < -0.4 is 10.2 Å². The van der Waals surface area contributed by atoms with Crippen molar-refractivity contribution >= 4 is 21.7 Å². The van der Waals surface area contributed by atoms with Gasteiger partial charge in [0.1, 0.15) is 5.69 Å². The van der Waals surface area contributed by atoms with E-state index in [1.165, 1.54) is 0 Å². The molecule has 1 aliphatic rings. The maximum Gasteiger partial charge on any atom is 0.270 e. The molecular weight excluding hydrogens is 366 g/mol. The summed E-state index contributed by atoms with van der Waals surface area (Å²) in [5.41, 5.74) is 1.67. The number of aryl methyl sites for hydroxylation is 1. The lowest BCUT2D eigenvalue weighted by atomic mass is 10.2. The zero-order valence-corrected chi connectivity index (χ0v) is 16.2. The van der Waals surface area contributed by atoms with Gasteiger partial charge in [-0.25, -0.2) is 18.4 Å². The average Bonchev–Trinajstić information content (AvgIpc) is 3.00. The van der Waals surface area contributed by atoms with Gasteiger partial charge < -0.3 is 10.2 Å². The van der Waals surface area contributed by atoms with Gasteiger partial charge in [0.2, 0.25) is 5.95 Å². The van der Waals surface area contributed by atoms with Crippen molar-refractivity contribution in [2.75, 3.05) is 23.0 Å². The third-order valence-corrected chi connectivity index (χ3v) is 6.23. The van der Waals surface area contributed by atoms with Crippen molar-refractivity contribution in [1.29, 1.82) is 0 Å². The number of nitrogens with one attached hydrogen (secondary N) is 1. The number of anilines is 1. The van der Waals surface area contributed by atoms with Gasteiger partial charge in [0.05, 0.1) is 23.7 Å². The van der Waals surface area contributed by atoms with E-state index in [2.05, 4.69) is 20.3 Å². The summed E-state index contributed by atoms with van der Waals surface area (Å²) in [6.07, 6.45) is 2.22. The van der Waals surface area contributed by atoms with Crippen LogP contribution in [0.2, 0.25) is 0 Å². The number of amides is 1. The molecule has 2 aromatic rings. The van der Waals surface area contributed by atoms with E-state index >= 15 is 0 Å². The number of nitrogens with zero attached hydrogens (tertiary/aromatic N) is 4. The number of carbonyl (C=O) groups excluding carboxylic acids is 1. The van der Waals surface area contributed by atoms with Crippen LogP contribution in [-0.4, -0.2) is 53.4 Å². The van der Waals surface area contributed by atoms with E-state index in [1.807, 2.05) is 30.0 Å². The summed E-state index contributed by atoms with van der Waals surface area (Å²) < 4.78 is 23.6. The zero-order valence-electron chi connectivity index (χ0n) is 15.4. The van der Waals surface area contributed by atoms with E-state index in [-0.39, 0.29) is 29.1 Å². The summed E-state index contributed by atoms with van der Waals surface area (Å²) in [4.78, 5) is 27.4. The molecule has 3 rings (SSSR count). The van der Waals surface area contributed by atoms with Crippen molar-refractivity contribution in [3.8, 4) is 0 Å². The van der Waals surface area contributed by atoms with Crippen LogP contribution >= 0.6 is 0 Å². The maximum absolute atomic E-state index is 12.5. The van der Waals surface area contributed by atoms with Crippen molar-refractivity contribution < 1.29 is 13.2 Å². The number of pyridine rings is 1. The summed E-state index contributed by atoms with van der Waals surface area (Å²) in [5, 5.41) is 2.80. The fourth-order valence-corrected chi connectivity index (χ4v) is 4.88. The molecule has 0 aliphatic carbocycles. The molecule has 1 fully saturated rings. The minimum atomic E-state index is -3.02. The van der Waals surface area contributed by atoms with Crippen LogP contribution in [0.4, 0.5) is 5.95 Å². The Morgan fingerprint density at radius 1 is 1.33 bits per heavy atom. The molecule has 144 valence electrons. The van der Waals surface area contributed by atoms with Crippen LogP contribution in [-0.2, 0) is 16.4 Å². The van der Waals surface area contributed by atoms with Gasteiger partial charge in [0.25, 0.3) is 5.91 Å². The van der Waals surface area contributed by atoms with Crippen molar-refractivity contribution in [2.24, 2.45) is 0 Å². The second-order valence-electron chi connectivity index (χ2n) is 6.54. The molecule has 1 aliphatic heterocycles. The molecular formula is C18H23N5O3S. The Morgan fingerprint density at radius 3 is 2.78 bits per heavy atom. The molecule has 0 saturated carbocycles. The first-order valence-electron chi connectivity index (χ1n) is 8.89. The molecule has 8 nitrogen and oxygen atoms in total. The fraction of sp³-hybridized carbons (Fsp3) is 0.444. The number of rotatable bonds is 6. The lowest BCUT2D eigenvalue weighted by molar-refractivity contribution is 0.0945. The Kier molecular flexibility index (Phi) is 5.69. The van der Waals surface area contributed by atoms with E-state index in [4.69, 9.17) is 0 Å². The molecule has 1 amide bonds. The second-order valence-corrected chi connectivity index (χ2v) is 8.77. The first-order chi connectivity index (χ1) is 12.9. The Balaban J connectivity index is 1.77. The Labute approximate surface area is 159 Å². The molecule has 9 heteroatoms. The predicted octanol–water partition coefficient (Wildman–Crippen LogP) is 1.12. The van der Waals surface area contributed by atoms with Crippen LogP contribution in [0, 0.1) is 6.92 Å². The summed E-state index contributed by atoms with van der Waals surface area (Å²) in [7, 11) is -3.02. The SMILES string of the molecule is CCN(c1nc(C)cc(C(=O)NCc2ccccn2)n1)C1CCS(=O)(=O)C1. The molecule has 1 saturated heterocycles. The van der Waals surface area contributed by atoms with E-state index in [9.17, 15) is 13.2 Å². The van der Waals surface area contributed by atoms with Crippen LogP contribution in [0.15, 0.2) is 30.5 Å². The Morgan fingerprint density at radius 2 is 2.15 bits per heavy atom. The lowest BCUT2D eigenvalue weighted by Crippen LogP contribution is -2.38. The smallest absolute Gasteiger partial charge is 0.270 e. The van der Waals surface area contributed by atoms with Crippen LogP contribution in [0.25, 0.3) is 0 Å². The van der Waals surface area contributed by atoms with Crippen LogP contribution in [0.1, 0.15) is 35.2 Å². The number of carbonyl (C=O) groups is 1. The van der Waals surface area contributed by atoms with E-state index in [0.717, 1.165) is 5.69 Å². The first kappa shape index (κ1) is 19.2. The molecule has 0 radical (unpaired) electrons. The number of sulfone groups is 1. The highest BCUT2D eigenvalue weighted by atomic mass is 32.2. The highest BCUT2D eigenvalue weighted by Gasteiger charge is 2.33. The van der Waals surface area contributed by atoms with E-state index < -0.39 is 9.84 Å². The molecule has 2 aromatic heterocycles. The third kappa shape index (κ3) is 4.79. The topological polar surface area (TPSA) is 105 Å². The summed E-state index contributed by atoms with van der Waals surface area (Å²) in [5.74, 6) is 0.349. The molecule has 1 atom stereocenters. The quantitative estimate of drug-likeness (QED) is 0.789. The molecule has 0 aromatic carbocycles. The molecule has 1 unspecified atom stereocenters. The first-order valence-corrected chi connectivity index (χ1v) is 10.7. The summed E-state index contributed by atoms with van der Waals surface area (Å²) in [6.45, 7) is 4.59. The van der Waals surface area contributed by atoms with Gasteiger partial charge in [-0.1, -0.05) is 6.07 Å². The van der Waals surface area contributed by atoms with Gasteiger partial charge in [-0.2, -0.15) is 0 Å². The summed E-state index contributed by atoms with van der Waals surface area (Å²) >= 11 is 0. The van der Waals surface area contributed by atoms with Gasteiger partial charge >= 0.3 is 0 Å². The van der Waals surface area contributed by atoms with Gasteiger partial charge in [-0.05, 0) is 38.5 Å². The molecule has 3 heterocycles. The second kappa shape index (κ2) is 7.99. The predicted molar refractivity (Wildman–Crippen MR) is 102 cm³/mol. The highest BCUT2D eigenvalue weighted by Crippen LogP contribution is 2.22. The van der Waals surface area contributed by atoms with Crippen molar-refractivity contribution in [1.82, 2.24) is 20.3 Å². The highest BCUT2D eigenvalue weighted by molar-refractivity contribution is 7.91. The number of aromatic nitrogens is 3. The normalized spacial score (nSPS) is 18.2. The van der Waals surface area contributed by atoms with Gasteiger partial charge in [0, 0.05) is 24.5 Å². The van der Waals surface area contributed by atoms with Gasteiger partial charge in [-0.15, -0.1) is 0 Å². The minimum absolute atomic E-state index is 0.0966. The Bertz CT molecular complexity index is 918. The monoisotopic (exact) mass is 389 g/mol. The average molecular weight is 389 g/mol. The van der Waals surface area contributed by atoms with Crippen molar-refractivity contribution in [3.05, 3.63) is 47.5 Å². The Hall–Kier alpha value is -2.55. The van der Waals surface area contributed by atoms with Gasteiger partial charge in [-0.3, -0.25) is 9.78 Å². The van der Waals surface area contributed by atoms with Crippen LogP contribution in [0.3, 0.4) is 0 Å². The summed E-state index contributed by atoms with van der Waals surface area (Å²) in [6, 6.07) is 6.96. The standard InChI is InChI=1S/C18H23N5O3S/c1-3-23(15-7-9-27(25,26)12-15)18-21-13(2)10-16(22-18)17(24)20-11-14-6-4-5-8-19-14/h4-6,8,10,15H,3,7,9,11-12H2,1-2H3,(H,20,24). The molecule has 1 N–H and O–H groups in total. The van der Waals surface area contributed by atoms with Gasteiger partial charge in [0.15, 0.2) is 9.84 Å². The third-order valence-electron chi connectivity index (χ3n) is 4.48. The fourth-order valence-electron chi connectivity index (χ4n) is 3.15. The molecule has 0 spiro atoms. The van der Waals surface area contributed by atoms with Crippen molar-refractivity contribution in [2.45, 2.75) is 32.9 Å². The lowest BCUT2D eigenvalue weighted by Gasteiger charge is -2.27. The van der Waals surface area contributed by atoms with Crippen molar-refractivity contribution in [3.63, 3.8) is 0 Å². The van der Waals surface area contributed by atoms with E-state index in [1.54, 1.807) is 19.2 Å². The maximum atomic E-state index is 12.5. The minimum Gasteiger partial charge on any atom is -0.345 e. The van der Waals surface area contributed by atoms with E-state index in [0.29, 0.717) is 31.2 Å². The largest absolute Gasteiger partial charge is 0.345 e. The molecule has 0 bridgehead atoms. The number of hydrogen-bond donors (Lipinski definition) is 1. The molecule has 27 heavy (non-hydrogen) atoms. The van der Waals surface area contributed by atoms with Crippen LogP contribution in [0.5, 0.6) is 0 Å². The number of hydrogen-bond acceptors (Lipinski definition) is 7.